The van der Waals surface area contributed by atoms with Crippen molar-refractivity contribution in [1.29, 1.82) is 0 Å². The van der Waals surface area contributed by atoms with Crippen LogP contribution in [0.3, 0.4) is 0 Å². The van der Waals surface area contributed by atoms with E-state index >= 15 is 0 Å². The van der Waals surface area contributed by atoms with Crippen LogP contribution in [0, 0.1) is 12.8 Å². The summed E-state index contributed by atoms with van der Waals surface area (Å²) in [4.78, 5) is 41.1. The molecule has 0 radical (unpaired) electrons. The number of aryl methyl sites for hydroxylation is 2. The first-order valence-electron chi connectivity index (χ1n) is 9.04. The third-order valence-corrected chi connectivity index (χ3v) is 5.10. The fraction of sp³-hybridized carbons (Fsp3) is 0.500. The molecule has 2 N–H and O–H groups in total. The Bertz CT molecular complexity index is 893. The maximum absolute atomic E-state index is 12.3. The lowest BCUT2D eigenvalue weighted by Gasteiger charge is -2.20. The molecule has 3 heterocycles. The first-order valence-corrected chi connectivity index (χ1v) is 9.04. The first kappa shape index (κ1) is 16.7. The summed E-state index contributed by atoms with van der Waals surface area (Å²) in [6.45, 7) is 4.10. The van der Waals surface area contributed by atoms with Crippen LogP contribution in [0.4, 0.5) is 5.82 Å². The second kappa shape index (κ2) is 6.86. The SMILES string of the molecule is Cc1cc(C(=O)NCC2CCN(c3ncnc4c3CCC4)C2)nc(=O)[nH]1. The van der Waals surface area contributed by atoms with E-state index in [4.69, 9.17) is 0 Å². The summed E-state index contributed by atoms with van der Waals surface area (Å²) < 4.78 is 0. The van der Waals surface area contributed by atoms with E-state index in [1.807, 2.05) is 0 Å². The van der Waals surface area contributed by atoms with Crippen molar-refractivity contribution in [1.82, 2.24) is 25.3 Å². The second-order valence-electron chi connectivity index (χ2n) is 7.04. The molecule has 8 heteroatoms. The van der Waals surface area contributed by atoms with Gasteiger partial charge < -0.3 is 15.2 Å². The Morgan fingerprint density at radius 2 is 2.27 bits per heavy atom. The van der Waals surface area contributed by atoms with Crippen molar-refractivity contribution in [2.45, 2.75) is 32.6 Å². The molecule has 2 aliphatic rings. The van der Waals surface area contributed by atoms with Crippen molar-refractivity contribution in [2.24, 2.45) is 5.92 Å². The Labute approximate surface area is 151 Å². The largest absolute Gasteiger partial charge is 0.356 e. The van der Waals surface area contributed by atoms with Crippen LogP contribution in [0.1, 0.15) is 40.3 Å². The molecule has 1 fully saturated rings. The molecule has 2 aromatic rings. The van der Waals surface area contributed by atoms with Crippen molar-refractivity contribution in [3.05, 3.63) is 45.5 Å². The van der Waals surface area contributed by atoms with E-state index in [0.29, 0.717) is 18.2 Å². The zero-order chi connectivity index (χ0) is 18.1. The van der Waals surface area contributed by atoms with Gasteiger partial charge in [0, 0.05) is 36.6 Å². The van der Waals surface area contributed by atoms with Gasteiger partial charge in [-0.15, -0.1) is 0 Å². The van der Waals surface area contributed by atoms with Crippen molar-refractivity contribution in [3.63, 3.8) is 0 Å². The van der Waals surface area contributed by atoms with Crippen molar-refractivity contribution in [3.8, 4) is 0 Å². The average molecular weight is 354 g/mol. The third-order valence-electron chi connectivity index (χ3n) is 5.10. The van der Waals surface area contributed by atoms with E-state index in [0.717, 1.165) is 44.6 Å². The summed E-state index contributed by atoms with van der Waals surface area (Å²) in [7, 11) is 0. The number of aromatic nitrogens is 4. The maximum atomic E-state index is 12.3. The van der Waals surface area contributed by atoms with E-state index in [1.165, 1.54) is 11.3 Å². The summed E-state index contributed by atoms with van der Waals surface area (Å²) in [5, 5.41) is 2.91. The molecule has 1 aliphatic carbocycles. The number of nitrogens with one attached hydrogen (secondary N) is 2. The van der Waals surface area contributed by atoms with Crippen LogP contribution in [0.15, 0.2) is 17.2 Å². The lowest BCUT2D eigenvalue weighted by atomic mass is 10.1. The van der Waals surface area contributed by atoms with E-state index < -0.39 is 5.69 Å². The van der Waals surface area contributed by atoms with Crippen molar-refractivity contribution >= 4 is 11.7 Å². The summed E-state index contributed by atoms with van der Waals surface area (Å²) >= 11 is 0. The van der Waals surface area contributed by atoms with Gasteiger partial charge >= 0.3 is 5.69 Å². The van der Waals surface area contributed by atoms with Gasteiger partial charge in [-0.25, -0.2) is 14.8 Å². The maximum Gasteiger partial charge on any atom is 0.345 e. The van der Waals surface area contributed by atoms with Crippen LogP contribution >= 0.6 is 0 Å². The molecule has 0 aromatic carbocycles. The van der Waals surface area contributed by atoms with Gasteiger partial charge in [0.05, 0.1) is 0 Å². The number of hydrogen-bond donors (Lipinski definition) is 2. The van der Waals surface area contributed by atoms with E-state index in [-0.39, 0.29) is 11.6 Å². The molecule has 26 heavy (non-hydrogen) atoms. The highest BCUT2D eigenvalue weighted by Gasteiger charge is 2.28. The molecule has 4 rings (SSSR count). The topological polar surface area (TPSA) is 104 Å². The number of nitrogens with zero attached hydrogens (tertiary/aromatic N) is 4. The molecule has 1 atom stereocenters. The third kappa shape index (κ3) is 3.31. The Balaban J connectivity index is 1.37. The lowest BCUT2D eigenvalue weighted by Crippen LogP contribution is -2.33. The molecule has 1 saturated heterocycles. The summed E-state index contributed by atoms with van der Waals surface area (Å²) in [5.74, 6) is 1.11. The van der Waals surface area contributed by atoms with Gasteiger partial charge in [0.2, 0.25) is 0 Å². The number of aromatic amines is 1. The number of rotatable bonds is 4. The Morgan fingerprint density at radius 1 is 1.38 bits per heavy atom. The molecule has 1 aliphatic heterocycles. The molecule has 8 nitrogen and oxygen atoms in total. The lowest BCUT2D eigenvalue weighted by molar-refractivity contribution is 0.0942. The molecular weight excluding hydrogens is 332 g/mol. The van der Waals surface area contributed by atoms with E-state index in [2.05, 4.69) is 30.2 Å². The molecule has 136 valence electrons. The van der Waals surface area contributed by atoms with Gasteiger partial charge in [-0.1, -0.05) is 0 Å². The smallest absolute Gasteiger partial charge is 0.345 e. The minimum Gasteiger partial charge on any atom is -0.356 e. The fourth-order valence-electron chi connectivity index (χ4n) is 3.83. The fourth-order valence-corrected chi connectivity index (χ4v) is 3.83. The Hall–Kier alpha value is -2.77. The summed E-state index contributed by atoms with van der Waals surface area (Å²) in [5.41, 5.74) is 2.76. The van der Waals surface area contributed by atoms with Crippen LogP contribution in [0.25, 0.3) is 0 Å². The number of hydrogen-bond acceptors (Lipinski definition) is 6. The van der Waals surface area contributed by atoms with E-state index in [1.54, 1.807) is 19.3 Å². The quantitative estimate of drug-likeness (QED) is 0.834. The zero-order valence-corrected chi connectivity index (χ0v) is 14.8. The second-order valence-corrected chi connectivity index (χ2v) is 7.04. The summed E-state index contributed by atoms with van der Waals surface area (Å²) in [6.07, 6.45) is 5.91. The molecule has 1 unspecified atom stereocenters. The van der Waals surface area contributed by atoms with Crippen LogP contribution in [0.5, 0.6) is 0 Å². The first-order chi connectivity index (χ1) is 12.6. The highest BCUT2D eigenvalue weighted by atomic mass is 16.2. The number of anilines is 1. The normalized spacial score (nSPS) is 18.8. The molecule has 0 bridgehead atoms. The van der Waals surface area contributed by atoms with Gasteiger partial charge in [-0.3, -0.25) is 4.79 Å². The van der Waals surface area contributed by atoms with Crippen molar-refractivity contribution < 1.29 is 4.79 Å². The minimum absolute atomic E-state index is 0.162. The van der Waals surface area contributed by atoms with Gasteiger partial charge in [-0.05, 0) is 44.6 Å². The molecule has 0 spiro atoms. The number of H-pyrrole nitrogens is 1. The number of carbonyl (C=O) groups excluding carboxylic acids is 1. The predicted octanol–water partition coefficient (Wildman–Crippen LogP) is 0.613. The van der Waals surface area contributed by atoms with Gasteiger partial charge in [0.25, 0.3) is 5.91 Å². The Kier molecular flexibility index (Phi) is 4.40. The highest BCUT2D eigenvalue weighted by molar-refractivity contribution is 5.92. The predicted molar refractivity (Wildman–Crippen MR) is 96.3 cm³/mol. The summed E-state index contributed by atoms with van der Waals surface area (Å²) in [6, 6.07) is 1.59. The highest BCUT2D eigenvalue weighted by Crippen LogP contribution is 2.30. The number of amides is 1. The molecular formula is C18H22N6O2. The van der Waals surface area contributed by atoms with Gasteiger partial charge in [0.1, 0.15) is 17.8 Å². The number of fused-ring (bicyclic) bond motifs is 1. The Morgan fingerprint density at radius 3 is 3.12 bits per heavy atom. The minimum atomic E-state index is -0.500. The van der Waals surface area contributed by atoms with Gasteiger partial charge in [-0.2, -0.15) is 4.98 Å². The number of carbonyl (C=O) groups is 1. The molecule has 0 saturated carbocycles. The van der Waals surface area contributed by atoms with Gasteiger partial charge in [0.15, 0.2) is 0 Å². The molecule has 2 aromatic heterocycles. The van der Waals surface area contributed by atoms with Crippen molar-refractivity contribution in [2.75, 3.05) is 24.5 Å². The van der Waals surface area contributed by atoms with Crippen LogP contribution in [0.2, 0.25) is 0 Å². The average Bonchev–Trinajstić information content (AvgIpc) is 3.27. The van der Waals surface area contributed by atoms with Crippen LogP contribution in [-0.4, -0.2) is 45.5 Å². The monoisotopic (exact) mass is 354 g/mol. The van der Waals surface area contributed by atoms with E-state index in [9.17, 15) is 9.59 Å². The van der Waals surface area contributed by atoms with Crippen LogP contribution < -0.4 is 15.9 Å². The van der Waals surface area contributed by atoms with Crippen LogP contribution in [-0.2, 0) is 12.8 Å². The standard InChI is InChI=1S/C18H22N6O2/c1-11-7-15(23-18(26)22-11)17(25)19-8-12-5-6-24(9-12)16-13-3-2-4-14(13)20-10-21-16/h7,10,12H,2-6,8-9H2,1H3,(H,19,25)(H,22,23,26). The zero-order valence-electron chi connectivity index (χ0n) is 14.8. The molecule has 1 amide bonds.